The molecule has 5 nitrogen and oxygen atoms in total. The van der Waals surface area contributed by atoms with Gasteiger partial charge in [0.25, 0.3) is 5.56 Å². The van der Waals surface area contributed by atoms with Crippen molar-refractivity contribution >= 4 is 5.69 Å². The summed E-state index contributed by atoms with van der Waals surface area (Å²) in [6, 6.07) is 8.65. The third kappa shape index (κ3) is 2.38. The average molecular weight is 217 g/mol. The summed E-state index contributed by atoms with van der Waals surface area (Å²) in [7, 11) is 1.84. The Labute approximate surface area is 92.1 Å². The minimum atomic E-state index is -0.239. The zero-order valence-electron chi connectivity index (χ0n) is 8.73. The molecule has 0 amide bonds. The van der Waals surface area contributed by atoms with Crippen LogP contribution in [-0.4, -0.2) is 17.0 Å². The highest BCUT2D eigenvalue weighted by atomic mass is 16.5. The van der Waals surface area contributed by atoms with E-state index in [0.29, 0.717) is 5.75 Å². The van der Waals surface area contributed by atoms with E-state index < -0.39 is 0 Å². The number of nitrogens with zero attached hydrogens (tertiary/aromatic N) is 1. The summed E-state index contributed by atoms with van der Waals surface area (Å²) in [5.41, 5.74) is 0.753. The highest BCUT2D eigenvalue weighted by Crippen LogP contribution is 2.19. The molecule has 0 unspecified atom stereocenters. The molecule has 0 saturated carbocycles. The number of benzene rings is 1. The summed E-state index contributed by atoms with van der Waals surface area (Å²) in [5, 5.41) is 3.00. The standard InChI is InChI=1S/C11H11N3O2/c1-12-8-2-4-9(5-3-8)16-11-6-10(15)13-7-14-11/h2-7,12H,1H3,(H,13,14,15). The van der Waals surface area contributed by atoms with Crippen LogP contribution in [-0.2, 0) is 0 Å². The van der Waals surface area contributed by atoms with Crippen LogP contribution in [0.1, 0.15) is 0 Å². The van der Waals surface area contributed by atoms with Gasteiger partial charge in [-0.3, -0.25) is 4.79 Å². The van der Waals surface area contributed by atoms with Gasteiger partial charge in [-0.15, -0.1) is 0 Å². The van der Waals surface area contributed by atoms with E-state index in [9.17, 15) is 4.79 Å². The highest BCUT2D eigenvalue weighted by molar-refractivity contribution is 5.46. The first kappa shape index (κ1) is 10.2. The van der Waals surface area contributed by atoms with Gasteiger partial charge in [0.1, 0.15) is 5.75 Å². The molecule has 2 N–H and O–H groups in total. The number of ether oxygens (including phenoxy) is 1. The maximum atomic E-state index is 11.0. The number of hydrogen-bond donors (Lipinski definition) is 2. The first-order chi connectivity index (χ1) is 7.78. The Bertz CT molecular complexity index is 519. The molecule has 0 aliphatic carbocycles. The van der Waals surface area contributed by atoms with Crippen LogP contribution in [0.15, 0.2) is 41.5 Å². The van der Waals surface area contributed by atoms with E-state index in [1.807, 2.05) is 19.2 Å². The molecule has 5 heteroatoms. The summed E-state index contributed by atoms with van der Waals surface area (Å²) in [5.74, 6) is 0.915. The van der Waals surface area contributed by atoms with Crippen molar-refractivity contribution in [3.05, 3.63) is 47.0 Å². The Morgan fingerprint density at radius 3 is 2.69 bits per heavy atom. The second-order valence-electron chi connectivity index (χ2n) is 3.13. The quantitative estimate of drug-likeness (QED) is 0.819. The Balaban J connectivity index is 2.17. The molecule has 1 aromatic carbocycles. The smallest absolute Gasteiger partial charge is 0.254 e. The number of anilines is 1. The minimum absolute atomic E-state index is 0.239. The maximum Gasteiger partial charge on any atom is 0.254 e. The second-order valence-corrected chi connectivity index (χ2v) is 3.13. The molecule has 1 heterocycles. The molecule has 2 aromatic rings. The van der Waals surface area contributed by atoms with Gasteiger partial charge in [0, 0.05) is 12.7 Å². The summed E-state index contributed by atoms with van der Waals surface area (Å²) in [4.78, 5) is 17.3. The van der Waals surface area contributed by atoms with Crippen molar-refractivity contribution in [1.82, 2.24) is 9.97 Å². The second kappa shape index (κ2) is 4.48. The number of aromatic nitrogens is 2. The number of rotatable bonds is 3. The topological polar surface area (TPSA) is 67.0 Å². The van der Waals surface area contributed by atoms with Gasteiger partial charge in [-0.05, 0) is 24.3 Å². The number of hydrogen-bond acceptors (Lipinski definition) is 4. The molecule has 0 radical (unpaired) electrons. The highest BCUT2D eigenvalue weighted by Gasteiger charge is 1.98. The lowest BCUT2D eigenvalue weighted by atomic mass is 10.3. The summed E-state index contributed by atoms with van der Waals surface area (Å²) >= 11 is 0. The van der Waals surface area contributed by atoms with Crippen LogP contribution in [0.2, 0.25) is 0 Å². The van der Waals surface area contributed by atoms with E-state index in [2.05, 4.69) is 15.3 Å². The number of aromatic amines is 1. The van der Waals surface area contributed by atoms with Crippen LogP contribution in [0.3, 0.4) is 0 Å². The van der Waals surface area contributed by atoms with Gasteiger partial charge in [0.2, 0.25) is 5.88 Å². The average Bonchev–Trinajstić information content (AvgIpc) is 2.30. The Kier molecular flexibility index (Phi) is 2.86. The summed E-state index contributed by atoms with van der Waals surface area (Å²) < 4.78 is 5.40. The largest absolute Gasteiger partial charge is 0.439 e. The molecule has 0 saturated heterocycles. The zero-order valence-corrected chi connectivity index (χ0v) is 8.73. The molecule has 0 atom stereocenters. The monoisotopic (exact) mass is 217 g/mol. The third-order valence-electron chi connectivity index (χ3n) is 2.02. The van der Waals surface area contributed by atoms with Gasteiger partial charge < -0.3 is 15.0 Å². The van der Waals surface area contributed by atoms with E-state index >= 15 is 0 Å². The van der Waals surface area contributed by atoms with Crippen LogP contribution < -0.4 is 15.6 Å². The molecule has 1 aromatic heterocycles. The summed E-state index contributed by atoms with van der Waals surface area (Å²) in [6.45, 7) is 0. The van der Waals surface area contributed by atoms with Crippen LogP contribution in [0.5, 0.6) is 11.6 Å². The molecular weight excluding hydrogens is 206 g/mol. The fourth-order valence-corrected chi connectivity index (χ4v) is 1.22. The third-order valence-corrected chi connectivity index (χ3v) is 2.02. The minimum Gasteiger partial charge on any atom is -0.439 e. The van der Waals surface area contributed by atoms with Gasteiger partial charge >= 0.3 is 0 Å². The number of H-pyrrole nitrogens is 1. The van der Waals surface area contributed by atoms with E-state index in [1.165, 1.54) is 12.4 Å². The van der Waals surface area contributed by atoms with Crippen molar-refractivity contribution in [2.75, 3.05) is 12.4 Å². The zero-order chi connectivity index (χ0) is 11.4. The van der Waals surface area contributed by atoms with Crippen molar-refractivity contribution in [2.24, 2.45) is 0 Å². The van der Waals surface area contributed by atoms with E-state index in [-0.39, 0.29) is 11.4 Å². The lowest BCUT2D eigenvalue weighted by Crippen LogP contribution is -2.04. The Hall–Kier alpha value is -2.30. The summed E-state index contributed by atoms with van der Waals surface area (Å²) in [6.07, 6.45) is 1.31. The van der Waals surface area contributed by atoms with Gasteiger partial charge in [0.05, 0.1) is 12.4 Å². The van der Waals surface area contributed by atoms with Crippen molar-refractivity contribution in [3.8, 4) is 11.6 Å². The molecular formula is C11H11N3O2. The van der Waals surface area contributed by atoms with Gasteiger partial charge in [0.15, 0.2) is 0 Å². The number of nitrogens with one attached hydrogen (secondary N) is 2. The Morgan fingerprint density at radius 2 is 2.06 bits per heavy atom. The molecule has 82 valence electrons. The van der Waals surface area contributed by atoms with Crippen molar-refractivity contribution in [2.45, 2.75) is 0 Å². The van der Waals surface area contributed by atoms with Crippen molar-refractivity contribution in [3.63, 3.8) is 0 Å². The van der Waals surface area contributed by atoms with Crippen LogP contribution in [0.25, 0.3) is 0 Å². The normalized spacial score (nSPS) is 9.81. The van der Waals surface area contributed by atoms with Crippen LogP contribution >= 0.6 is 0 Å². The Morgan fingerprint density at radius 1 is 1.31 bits per heavy atom. The van der Waals surface area contributed by atoms with Crippen LogP contribution in [0.4, 0.5) is 5.69 Å². The van der Waals surface area contributed by atoms with E-state index in [0.717, 1.165) is 5.69 Å². The first-order valence-corrected chi connectivity index (χ1v) is 4.78. The van der Waals surface area contributed by atoms with E-state index in [1.54, 1.807) is 12.1 Å². The van der Waals surface area contributed by atoms with Crippen molar-refractivity contribution in [1.29, 1.82) is 0 Å². The van der Waals surface area contributed by atoms with Gasteiger partial charge in [-0.25, -0.2) is 4.98 Å². The SMILES string of the molecule is CNc1ccc(Oc2cc(=O)[nH]cn2)cc1. The molecule has 0 aliphatic heterocycles. The predicted octanol–water partition coefficient (Wildman–Crippen LogP) is 1.60. The fraction of sp³-hybridized carbons (Fsp3) is 0.0909. The molecule has 16 heavy (non-hydrogen) atoms. The first-order valence-electron chi connectivity index (χ1n) is 4.78. The van der Waals surface area contributed by atoms with Crippen molar-refractivity contribution < 1.29 is 4.74 Å². The van der Waals surface area contributed by atoms with Crippen LogP contribution in [0, 0.1) is 0 Å². The van der Waals surface area contributed by atoms with E-state index in [4.69, 9.17) is 4.74 Å². The van der Waals surface area contributed by atoms with Gasteiger partial charge in [-0.1, -0.05) is 0 Å². The fourth-order valence-electron chi connectivity index (χ4n) is 1.22. The van der Waals surface area contributed by atoms with Gasteiger partial charge in [-0.2, -0.15) is 0 Å². The lowest BCUT2D eigenvalue weighted by molar-refractivity contribution is 0.460. The predicted molar refractivity (Wildman–Crippen MR) is 60.9 cm³/mol. The molecule has 0 aliphatic rings. The lowest BCUT2D eigenvalue weighted by Gasteiger charge is -2.04. The molecule has 0 bridgehead atoms. The molecule has 2 rings (SSSR count). The maximum absolute atomic E-state index is 11.0. The molecule has 0 spiro atoms. The molecule has 0 fully saturated rings.